The highest BCUT2D eigenvalue weighted by atomic mass is 16.5. The summed E-state index contributed by atoms with van der Waals surface area (Å²) in [6, 6.07) is 3.66. The van der Waals surface area contributed by atoms with Gasteiger partial charge in [0.25, 0.3) is 0 Å². The third kappa shape index (κ3) is 2.19. The van der Waals surface area contributed by atoms with Crippen LogP contribution in [-0.2, 0) is 0 Å². The van der Waals surface area contributed by atoms with Crippen molar-refractivity contribution in [2.75, 3.05) is 5.73 Å². The van der Waals surface area contributed by atoms with E-state index in [1.54, 1.807) is 6.20 Å². The van der Waals surface area contributed by atoms with E-state index in [1.165, 1.54) is 12.5 Å². The number of nitrogen functional groups attached to an aromatic ring is 1. The van der Waals surface area contributed by atoms with Gasteiger partial charge >= 0.3 is 0 Å². The average molecular weight is 202 g/mol. The van der Waals surface area contributed by atoms with Crippen molar-refractivity contribution in [3.63, 3.8) is 0 Å². The Morgan fingerprint density at radius 2 is 2.07 bits per heavy atom. The molecule has 0 radical (unpaired) electrons. The van der Waals surface area contributed by atoms with E-state index in [1.807, 2.05) is 19.1 Å². The van der Waals surface area contributed by atoms with Crippen molar-refractivity contribution >= 4 is 5.69 Å². The summed E-state index contributed by atoms with van der Waals surface area (Å²) in [4.78, 5) is 11.8. The molecule has 0 spiro atoms. The van der Waals surface area contributed by atoms with Gasteiger partial charge in [0.15, 0.2) is 0 Å². The second kappa shape index (κ2) is 3.91. The number of aryl methyl sites for hydroxylation is 1. The van der Waals surface area contributed by atoms with E-state index in [4.69, 9.17) is 10.5 Å². The monoisotopic (exact) mass is 202 g/mol. The molecular weight excluding hydrogens is 192 g/mol. The van der Waals surface area contributed by atoms with Gasteiger partial charge in [0.05, 0.1) is 12.4 Å². The smallest absolute Gasteiger partial charge is 0.245 e. The van der Waals surface area contributed by atoms with E-state index < -0.39 is 0 Å². The van der Waals surface area contributed by atoms with Crippen LogP contribution in [0.5, 0.6) is 11.6 Å². The van der Waals surface area contributed by atoms with Crippen LogP contribution in [0.25, 0.3) is 0 Å². The summed E-state index contributed by atoms with van der Waals surface area (Å²) in [6.07, 6.45) is 4.49. The fourth-order valence-corrected chi connectivity index (χ4v) is 1.04. The Labute approximate surface area is 87.0 Å². The zero-order valence-corrected chi connectivity index (χ0v) is 8.21. The molecule has 2 rings (SSSR count). The van der Waals surface area contributed by atoms with E-state index in [0.717, 1.165) is 5.69 Å². The lowest BCUT2D eigenvalue weighted by Crippen LogP contribution is -1.96. The quantitative estimate of drug-likeness (QED) is 0.799. The Morgan fingerprint density at radius 1 is 1.20 bits per heavy atom. The molecule has 0 bridgehead atoms. The molecule has 2 heterocycles. The molecule has 2 aromatic rings. The number of hydrogen-bond acceptors (Lipinski definition) is 5. The molecule has 0 aromatic carbocycles. The van der Waals surface area contributed by atoms with E-state index in [-0.39, 0.29) is 0 Å². The van der Waals surface area contributed by atoms with Gasteiger partial charge in [-0.2, -0.15) is 4.98 Å². The van der Waals surface area contributed by atoms with Crippen LogP contribution in [0, 0.1) is 6.92 Å². The molecule has 0 amide bonds. The lowest BCUT2D eigenvalue weighted by molar-refractivity contribution is 0.462. The first-order valence-corrected chi connectivity index (χ1v) is 4.41. The molecule has 0 aliphatic heterocycles. The summed E-state index contributed by atoms with van der Waals surface area (Å²) in [5.41, 5.74) is 6.96. The second-order valence-corrected chi connectivity index (χ2v) is 3.02. The number of hydrogen-bond donors (Lipinski definition) is 1. The molecule has 5 heteroatoms. The van der Waals surface area contributed by atoms with Gasteiger partial charge in [-0.3, -0.25) is 4.98 Å². The van der Waals surface area contributed by atoms with E-state index in [9.17, 15) is 0 Å². The Morgan fingerprint density at radius 3 is 2.73 bits per heavy atom. The molecular formula is C10H10N4O. The van der Waals surface area contributed by atoms with Crippen molar-refractivity contribution in [3.05, 3.63) is 36.5 Å². The normalized spacial score (nSPS) is 9.93. The van der Waals surface area contributed by atoms with Crippen LogP contribution in [-0.4, -0.2) is 15.0 Å². The molecule has 2 aromatic heterocycles. The predicted octanol–water partition coefficient (Wildman–Crippen LogP) is 1.55. The number of nitrogens with two attached hydrogens (primary N) is 1. The van der Waals surface area contributed by atoms with Crippen molar-refractivity contribution in [3.8, 4) is 11.6 Å². The van der Waals surface area contributed by atoms with Crippen molar-refractivity contribution in [1.82, 2.24) is 15.0 Å². The number of nitrogens with zero attached hydrogens (tertiary/aromatic N) is 3. The standard InChI is InChI=1S/C10H10N4O/c1-7-2-3-8(4-13-7)15-10-9(11)5-12-6-14-10/h2-6H,11H2,1H3. The molecule has 0 aliphatic rings. The van der Waals surface area contributed by atoms with Crippen LogP contribution < -0.4 is 10.5 Å². The number of pyridine rings is 1. The summed E-state index contributed by atoms with van der Waals surface area (Å²) in [6.45, 7) is 1.91. The highest BCUT2D eigenvalue weighted by Gasteiger charge is 2.02. The lowest BCUT2D eigenvalue weighted by atomic mass is 10.4. The van der Waals surface area contributed by atoms with Gasteiger partial charge in [0, 0.05) is 5.69 Å². The molecule has 5 nitrogen and oxygen atoms in total. The van der Waals surface area contributed by atoms with Crippen LogP contribution in [0.1, 0.15) is 5.69 Å². The minimum absolute atomic E-state index is 0.343. The first kappa shape index (κ1) is 9.39. The average Bonchev–Trinajstić information content (AvgIpc) is 2.25. The van der Waals surface area contributed by atoms with Gasteiger partial charge in [-0.15, -0.1) is 0 Å². The zero-order valence-electron chi connectivity index (χ0n) is 8.21. The van der Waals surface area contributed by atoms with Gasteiger partial charge in [-0.25, -0.2) is 4.98 Å². The Hall–Kier alpha value is -2.17. The van der Waals surface area contributed by atoms with Crippen LogP contribution in [0.4, 0.5) is 5.69 Å². The molecule has 0 saturated carbocycles. The first-order chi connectivity index (χ1) is 7.25. The van der Waals surface area contributed by atoms with Gasteiger partial charge in [0.1, 0.15) is 17.8 Å². The topological polar surface area (TPSA) is 73.9 Å². The van der Waals surface area contributed by atoms with Gasteiger partial charge in [0.2, 0.25) is 5.88 Å². The number of rotatable bonds is 2. The third-order valence-electron chi connectivity index (χ3n) is 1.80. The first-order valence-electron chi connectivity index (χ1n) is 4.41. The number of anilines is 1. The van der Waals surface area contributed by atoms with Gasteiger partial charge in [-0.05, 0) is 19.1 Å². The Kier molecular flexibility index (Phi) is 2.45. The summed E-state index contributed by atoms with van der Waals surface area (Å²) < 4.78 is 5.43. The number of ether oxygens (including phenoxy) is 1. The van der Waals surface area contributed by atoms with E-state index in [0.29, 0.717) is 17.3 Å². The van der Waals surface area contributed by atoms with E-state index >= 15 is 0 Å². The fraction of sp³-hybridized carbons (Fsp3) is 0.100. The Balaban J connectivity index is 2.22. The molecule has 2 N–H and O–H groups in total. The molecule has 0 fully saturated rings. The van der Waals surface area contributed by atoms with E-state index in [2.05, 4.69) is 15.0 Å². The van der Waals surface area contributed by atoms with Crippen LogP contribution in [0.2, 0.25) is 0 Å². The zero-order chi connectivity index (χ0) is 10.7. The van der Waals surface area contributed by atoms with Crippen molar-refractivity contribution in [2.45, 2.75) is 6.92 Å². The summed E-state index contributed by atoms with van der Waals surface area (Å²) in [5.74, 6) is 0.946. The van der Waals surface area contributed by atoms with Crippen molar-refractivity contribution in [1.29, 1.82) is 0 Å². The third-order valence-corrected chi connectivity index (χ3v) is 1.80. The SMILES string of the molecule is Cc1ccc(Oc2ncncc2N)cn1. The van der Waals surface area contributed by atoms with Crippen molar-refractivity contribution in [2.24, 2.45) is 0 Å². The lowest BCUT2D eigenvalue weighted by Gasteiger charge is -2.05. The van der Waals surface area contributed by atoms with Crippen molar-refractivity contribution < 1.29 is 4.74 Å². The summed E-state index contributed by atoms with van der Waals surface area (Å²) in [5, 5.41) is 0. The predicted molar refractivity (Wildman–Crippen MR) is 55.5 cm³/mol. The van der Waals surface area contributed by atoms with Crippen LogP contribution >= 0.6 is 0 Å². The minimum Gasteiger partial charge on any atom is -0.435 e. The molecule has 0 unspecified atom stereocenters. The fourth-order valence-electron chi connectivity index (χ4n) is 1.04. The Bertz CT molecular complexity index is 455. The maximum atomic E-state index is 5.63. The summed E-state index contributed by atoms with van der Waals surface area (Å²) in [7, 11) is 0. The maximum absolute atomic E-state index is 5.63. The second-order valence-electron chi connectivity index (χ2n) is 3.02. The maximum Gasteiger partial charge on any atom is 0.245 e. The van der Waals surface area contributed by atoms with Crippen LogP contribution in [0.15, 0.2) is 30.9 Å². The highest BCUT2D eigenvalue weighted by molar-refractivity contribution is 5.46. The molecule has 76 valence electrons. The molecule has 0 aliphatic carbocycles. The summed E-state index contributed by atoms with van der Waals surface area (Å²) >= 11 is 0. The highest BCUT2D eigenvalue weighted by Crippen LogP contribution is 2.22. The number of aromatic nitrogens is 3. The molecule has 0 atom stereocenters. The van der Waals surface area contributed by atoms with Gasteiger partial charge < -0.3 is 10.5 Å². The van der Waals surface area contributed by atoms with Gasteiger partial charge in [-0.1, -0.05) is 0 Å². The minimum atomic E-state index is 0.343. The van der Waals surface area contributed by atoms with Crippen LogP contribution in [0.3, 0.4) is 0 Å². The molecule has 0 saturated heterocycles. The largest absolute Gasteiger partial charge is 0.435 e. The molecule has 15 heavy (non-hydrogen) atoms.